The molecule has 1 aromatic carbocycles. The minimum Gasteiger partial charge on any atom is -0.478 e. The topological polar surface area (TPSA) is 63.2 Å². The number of urea groups is 1. The van der Waals surface area contributed by atoms with Gasteiger partial charge in [-0.15, -0.1) is 0 Å². The van der Waals surface area contributed by atoms with Gasteiger partial charge in [-0.2, -0.15) is 0 Å². The van der Waals surface area contributed by atoms with Gasteiger partial charge in [0.2, 0.25) is 5.88 Å². The Bertz CT molecular complexity index is 602. The molecule has 5 nitrogen and oxygen atoms in total. The van der Waals surface area contributed by atoms with E-state index < -0.39 is 0 Å². The quantitative estimate of drug-likeness (QED) is 0.861. The van der Waals surface area contributed by atoms with Crippen LogP contribution in [0, 0.1) is 0 Å². The average Bonchev–Trinajstić information content (AvgIpc) is 2.55. The van der Waals surface area contributed by atoms with E-state index in [9.17, 15) is 4.79 Å². The molecule has 0 radical (unpaired) electrons. The van der Waals surface area contributed by atoms with Gasteiger partial charge in [-0.05, 0) is 25.5 Å². The van der Waals surface area contributed by atoms with Gasteiger partial charge >= 0.3 is 6.03 Å². The lowest BCUT2D eigenvalue weighted by atomic mass is 10.1. The first-order valence-corrected chi connectivity index (χ1v) is 7.36. The molecule has 2 amide bonds. The summed E-state index contributed by atoms with van der Waals surface area (Å²) in [6.07, 6.45) is 1.67. The second kappa shape index (κ2) is 8.02. The molecule has 1 heterocycles. The monoisotopic (exact) mass is 299 g/mol. The highest BCUT2D eigenvalue weighted by Crippen LogP contribution is 2.14. The van der Waals surface area contributed by atoms with Crippen molar-refractivity contribution in [2.45, 2.75) is 26.4 Å². The van der Waals surface area contributed by atoms with Crippen LogP contribution in [0.1, 0.15) is 31.0 Å². The van der Waals surface area contributed by atoms with Crippen LogP contribution < -0.4 is 15.4 Å². The van der Waals surface area contributed by atoms with Crippen LogP contribution in [0.5, 0.6) is 5.88 Å². The normalized spacial score (nSPS) is 11.5. The number of hydrogen-bond acceptors (Lipinski definition) is 3. The molecule has 0 aliphatic carbocycles. The first kappa shape index (κ1) is 15.8. The van der Waals surface area contributed by atoms with Gasteiger partial charge in [-0.1, -0.05) is 36.4 Å². The Morgan fingerprint density at radius 1 is 1.23 bits per heavy atom. The van der Waals surface area contributed by atoms with Gasteiger partial charge in [0, 0.05) is 18.3 Å². The molecule has 22 heavy (non-hydrogen) atoms. The van der Waals surface area contributed by atoms with Crippen LogP contribution in [0.4, 0.5) is 4.79 Å². The summed E-state index contributed by atoms with van der Waals surface area (Å²) >= 11 is 0. The third-order valence-corrected chi connectivity index (χ3v) is 3.22. The number of benzene rings is 1. The van der Waals surface area contributed by atoms with Gasteiger partial charge in [0.1, 0.15) is 0 Å². The molecule has 1 unspecified atom stereocenters. The lowest BCUT2D eigenvalue weighted by Gasteiger charge is -2.15. The molecular weight excluding hydrogens is 278 g/mol. The van der Waals surface area contributed by atoms with Crippen LogP contribution >= 0.6 is 0 Å². The van der Waals surface area contributed by atoms with Crippen molar-refractivity contribution in [1.82, 2.24) is 15.6 Å². The van der Waals surface area contributed by atoms with Crippen LogP contribution in [0.2, 0.25) is 0 Å². The van der Waals surface area contributed by atoms with E-state index >= 15 is 0 Å². The van der Waals surface area contributed by atoms with Gasteiger partial charge in [0.15, 0.2) is 0 Å². The average molecular weight is 299 g/mol. The fourth-order valence-corrected chi connectivity index (χ4v) is 2.07. The minimum absolute atomic E-state index is 0.0542. The molecule has 116 valence electrons. The van der Waals surface area contributed by atoms with Crippen molar-refractivity contribution in [3.63, 3.8) is 0 Å². The summed E-state index contributed by atoms with van der Waals surface area (Å²) in [5.41, 5.74) is 1.92. The molecule has 0 bridgehead atoms. The first-order valence-electron chi connectivity index (χ1n) is 7.36. The van der Waals surface area contributed by atoms with Crippen molar-refractivity contribution < 1.29 is 9.53 Å². The standard InChI is InChI=1S/C17H21N3O2/c1-3-22-16-15(10-7-11-18-16)12-19-17(21)20-13(2)14-8-5-4-6-9-14/h4-11,13H,3,12H2,1-2H3,(H2,19,20,21). The van der Waals surface area contributed by atoms with Crippen LogP contribution in [-0.4, -0.2) is 17.6 Å². The number of hydrogen-bond donors (Lipinski definition) is 2. The van der Waals surface area contributed by atoms with Crippen molar-refractivity contribution in [2.75, 3.05) is 6.61 Å². The van der Waals surface area contributed by atoms with E-state index in [1.807, 2.05) is 56.3 Å². The summed E-state index contributed by atoms with van der Waals surface area (Å²) < 4.78 is 5.44. The molecule has 0 aliphatic heterocycles. The van der Waals surface area contributed by atoms with Crippen LogP contribution in [0.15, 0.2) is 48.7 Å². The SMILES string of the molecule is CCOc1ncccc1CNC(=O)NC(C)c1ccccc1. The summed E-state index contributed by atoms with van der Waals surface area (Å²) in [5, 5.41) is 5.73. The summed E-state index contributed by atoms with van der Waals surface area (Å²) in [4.78, 5) is 16.1. The zero-order chi connectivity index (χ0) is 15.8. The molecule has 1 aromatic heterocycles. The Balaban J connectivity index is 1.88. The lowest BCUT2D eigenvalue weighted by Crippen LogP contribution is -2.36. The third-order valence-electron chi connectivity index (χ3n) is 3.22. The predicted molar refractivity (Wildman–Crippen MR) is 85.6 cm³/mol. The highest BCUT2D eigenvalue weighted by atomic mass is 16.5. The maximum absolute atomic E-state index is 12.0. The second-order valence-electron chi connectivity index (χ2n) is 4.86. The molecule has 0 fully saturated rings. The molecule has 0 spiro atoms. The number of pyridine rings is 1. The third kappa shape index (κ3) is 4.48. The molecule has 2 aromatic rings. The Kier molecular flexibility index (Phi) is 5.77. The van der Waals surface area contributed by atoms with Crippen molar-refractivity contribution in [3.8, 4) is 5.88 Å². The van der Waals surface area contributed by atoms with E-state index in [1.54, 1.807) is 6.20 Å². The number of aromatic nitrogens is 1. The molecule has 5 heteroatoms. The molecule has 2 rings (SSSR count). The number of nitrogens with zero attached hydrogens (tertiary/aromatic N) is 1. The number of amides is 2. The predicted octanol–water partition coefficient (Wildman–Crippen LogP) is 3.04. The smallest absolute Gasteiger partial charge is 0.315 e. The zero-order valence-electron chi connectivity index (χ0n) is 12.9. The van der Waals surface area contributed by atoms with E-state index in [0.717, 1.165) is 11.1 Å². The van der Waals surface area contributed by atoms with Crippen molar-refractivity contribution in [2.24, 2.45) is 0 Å². The highest BCUT2D eigenvalue weighted by Gasteiger charge is 2.10. The molecular formula is C17H21N3O2. The minimum atomic E-state index is -0.220. The Hall–Kier alpha value is -2.56. The molecule has 2 N–H and O–H groups in total. The molecule has 0 saturated carbocycles. The fourth-order valence-electron chi connectivity index (χ4n) is 2.07. The first-order chi connectivity index (χ1) is 10.7. The van der Waals surface area contributed by atoms with Gasteiger partial charge in [-0.3, -0.25) is 0 Å². The van der Waals surface area contributed by atoms with Crippen molar-refractivity contribution in [1.29, 1.82) is 0 Å². The fraction of sp³-hybridized carbons (Fsp3) is 0.294. The zero-order valence-corrected chi connectivity index (χ0v) is 12.9. The van der Waals surface area contributed by atoms with E-state index in [-0.39, 0.29) is 12.1 Å². The van der Waals surface area contributed by atoms with E-state index in [1.165, 1.54) is 0 Å². The number of rotatable bonds is 6. The summed E-state index contributed by atoms with van der Waals surface area (Å²) in [6, 6.07) is 13.3. The van der Waals surface area contributed by atoms with E-state index in [0.29, 0.717) is 19.0 Å². The highest BCUT2D eigenvalue weighted by molar-refractivity contribution is 5.74. The Morgan fingerprint density at radius 2 is 2.00 bits per heavy atom. The number of ether oxygens (including phenoxy) is 1. The maximum Gasteiger partial charge on any atom is 0.315 e. The van der Waals surface area contributed by atoms with Crippen molar-refractivity contribution in [3.05, 3.63) is 59.8 Å². The van der Waals surface area contributed by atoms with Gasteiger partial charge in [0.25, 0.3) is 0 Å². The van der Waals surface area contributed by atoms with Crippen molar-refractivity contribution >= 4 is 6.03 Å². The number of carbonyl (C=O) groups excluding carboxylic acids is 1. The van der Waals surface area contributed by atoms with Crippen LogP contribution in [0.3, 0.4) is 0 Å². The largest absolute Gasteiger partial charge is 0.478 e. The van der Waals surface area contributed by atoms with Gasteiger partial charge in [-0.25, -0.2) is 9.78 Å². The molecule has 0 aliphatic rings. The Labute approximate surface area is 130 Å². The summed E-state index contributed by atoms with van der Waals surface area (Å²) in [5.74, 6) is 0.557. The summed E-state index contributed by atoms with van der Waals surface area (Å²) in [6.45, 7) is 4.77. The van der Waals surface area contributed by atoms with Gasteiger partial charge in [0.05, 0.1) is 12.6 Å². The van der Waals surface area contributed by atoms with E-state index in [2.05, 4.69) is 15.6 Å². The van der Waals surface area contributed by atoms with Crippen LogP contribution in [-0.2, 0) is 6.54 Å². The maximum atomic E-state index is 12.0. The number of carbonyl (C=O) groups is 1. The van der Waals surface area contributed by atoms with Crippen LogP contribution in [0.25, 0.3) is 0 Å². The van der Waals surface area contributed by atoms with E-state index in [4.69, 9.17) is 4.74 Å². The second-order valence-corrected chi connectivity index (χ2v) is 4.86. The number of nitrogens with one attached hydrogen (secondary N) is 2. The molecule has 0 saturated heterocycles. The Morgan fingerprint density at radius 3 is 2.73 bits per heavy atom. The summed E-state index contributed by atoms with van der Waals surface area (Å²) in [7, 11) is 0. The molecule has 1 atom stereocenters. The van der Waals surface area contributed by atoms with Gasteiger partial charge < -0.3 is 15.4 Å². The lowest BCUT2D eigenvalue weighted by molar-refractivity contribution is 0.237.